The number of carbonyl (C=O) groups is 1. The van der Waals surface area contributed by atoms with Crippen molar-refractivity contribution in [3.8, 4) is 6.07 Å². The molecule has 0 atom stereocenters. The Balaban J connectivity index is 2.20. The fourth-order valence-corrected chi connectivity index (χ4v) is 2.05. The summed E-state index contributed by atoms with van der Waals surface area (Å²) in [6.07, 6.45) is 3.16. The molecule has 0 saturated heterocycles. The molecular formula is C14H11N3OS. The van der Waals surface area contributed by atoms with Crippen molar-refractivity contribution in [1.82, 2.24) is 4.98 Å². The van der Waals surface area contributed by atoms with Crippen LogP contribution in [0.25, 0.3) is 6.08 Å². The Hall–Kier alpha value is -2.45. The van der Waals surface area contributed by atoms with Crippen molar-refractivity contribution in [2.45, 2.75) is 6.92 Å². The van der Waals surface area contributed by atoms with Crippen LogP contribution in [0.5, 0.6) is 0 Å². The van der Waals surface area contributed by atoms with Gasteiger partial charge < -0.3 is 0 Å². The molecule has 0 fully saturated rings. The molecule has 0 saturated carbocycles. The number of amides is 1. The molecule has 1 aromatic heterocycles. The zero-order valence-corrected chi connectivity index (χ0v) is 11.1. The summed E-state index contributed by atoms with van der Waals surface area (Å²) in [4.78, 5) is 15.8. The van der Waals surface area contributed by atoms with E-state index in [-0.39, 0.29) is 5.57 Å². The average Bonchev–Trinajstić information content (AvgIpc) is 2.88. The SMILES string of the molecule is Cc1cccc(C=C(C#N)C(=O)Nc2nccs2)c1. The van der Waals surface area contributed by atoms with Gasteiger partial charge in [-0.15, -0.1) is 11.3 Å². The highest BCUT2D eigenvalue weighted by molar-refractivity contribution is 7.13. The number of rotatable bonds is 3. The Morgan fingerprint density at radius 3 is 3.00 bits per heavy atom. The molecule has 0 aliphatic rings. The largest absolute Gasteiger partial charge is 0.297 e. The fourth-order valence-electron chi connectivity index (χ4n) is 1.52. The quantitative estimate of drug-likeness (QED) is 0.688. The van der Waals surface area contributed by atoms with Crippen LogP contribution >= 0.6 is 11.3 Å². The van der Waals surface area contributed by atoms with Gasteiger partial charge in [0, 0.05) is 11.6 Å². The van der Waals surface area contributed by atoms with Crippen molar-refractivity contribution in [2.24, 2.45) is 0 Å². The lowest BCUT2D eigenvalue weighted by atomic mass is 10.1. The first-order valence-electron chi connectivity index (χ1n) is 5.58. The second-order valence-electron chi connectivity index (χ2n) is 3.88. The molecule has 0 unspecified atom stereocenters. The number of anilines is 1. The molecule has 1 amide bonds. The van der Waals surface area contributed by atoms with Gasteiger partial charge >= 0.3 is 0 Å². The summed E-state index contributed by atoms with van der Waals surface area (Å²) in [5.41, 5.74) is 1.96. The number of thiazole rings is 1. The van der Waals surface area contributed by atoms with Crippen LogP contribution in [0.3, 0.4) is 0 Å². The van der Waals surface area contributed by atoms with Crippen LogP contribution in [0.2, 0.25) is 0 Å². The monoisotopic (exact) mass is 269 g/mol. The van der Waals surface area contributed by atoms with Crippen molar-refractivity contribution in [3.05, 3.63) is 52.5 Å². The van der Waals surface area contributed by atoms with Gasteiger partial charge in [-0.2, -0.15) is 5.26 Å². The highest BCUT2D eigenvalue weighted by Crippen LogP contribution is 2.14. The minimum Gasteiger partial charge on any atom is -0.297 e. The van der Waals surface area contributed by atoms with Gasteiger partial charge in [-0.25, -0.2) is 4.98 Å². The molecule has 94 valence electrons. The number of nitriles is 1. The summed E-state index contributed by atoms with van der Waals surface area (Å²) >= 11 is 1.31. The summed E-state index contributed by atoms with van der Waals surface area (Å²) < 4.78 is 0. The maximum Gasteiger partial charge on any atom is 0.268 e. The van der Waals surface area contributed by atoms with Crippen molar-refractivity contribution in [2.75, 3.05) is 5.32 Å². The molecular weight excluding hydrogens is 258 g/mol. The number of hydrogen-bond donors (Lipinski definition) is 1. The van der Waals surface area contributed by atoms with Crippen LogP contribution in [-0.4, -0.2) is 10.9 Å². The van der Waals surface area contributed by atoms with Crippen molar-refractivity contribution in [3.63, 3.8) is 0 Å². The van der Waals surface area contributed by atoms with E-state index in [2.05, 4.69) is 10.3 Å². The van der Waals surface area contributed by atoms with Crippen LogP contribution in [0, 0.1) is 18.3 Å². The molecule has 2 aromatic rings. The van der Waals surface area contributed by atoms with Gasteiger partial charge in [0.25, 0.3) is 5.91 Å². The van der Waals surface area contributed by atoms with E-state index in [0.29, 0.717) is 5.13 Å². The maximum atomic E-state index is 11.9. The van der Waals surface area contributed by atoms with Gasteiger partial charge in [0.2, 0.25) is 0 Å². The molecule has 0 radical (unpaired) electrons. The third-order valence-electron chi connectivity index (χ3n) is 2.37. The second kappa shape index (κ2) is 5.94. The van der Waals surface area contributed by atoms with E-state index in [4.69, 9.17) is 5.26 Å². The Morgan fingerprint density at radius 2 is 2.37 bits per heavy atom. The molecule has 1 heterocycles. The summed E-state index contributed by atoms with van der Waals surface area (Å²) in [6.45, 7) is 1.96. The Kier molecular flexibility index (Phi) is 4.06. The van der Waals surface area contributed by atoms with Gasteiger partial charge in [-0.3, -0.25) is 10.1 Å². The first-order valence-corrected chi connectivity index (χ1v) is 6.46. The van der Waals surface area contributed by atoms with E-state index in [0.717, 1.165) is 11.1 Å². The number of benzene rings is 1. The Labute approximate surface area is 115 Å². The highest BCUT2D eigenvalue weighted by Gasteiger charge is 2.10. The van der Waals surface area contributed by atoms with E-state index >= 15 is 0 Å². The summed E-state index contributed by atoms with van der Waals surface area (Å²) in [7, 11) is 0. The smallest absolute Gasteiger partial charge is 0.268 e. The van der Waals surface area contributed by atoms with Crippen LogP contribution < -0.4 is 5.32 Å². The number of nitrogens with zero attached hydrogens (tertiary/aromatic N) is 2. The molecule has 0 spiro atoms. The lowest BCUT2D eigenvalue weighted by Crippen LogP contribution is -2.13. The van der Waals surface area contributed by atoms with E-state index in [1.807, 2.05) is 37.3 Å². The Morgan fingerprint density at radius 1 is 1.53 bits per heavy atom. The van der Waals surface area contributed by atoms with Gasteiger partial charge in [-0.05, 0) is 18.6 Å². The highest BCUT2D eigenvalue weighted by atomic mass is 32.1. The molecule has 0 aliphatic carbocycles. The number of hydrogen-bond acceptors (Lipinski definition) is 4. The minimum atomic E-state index is -0.445. The Bertz CT molecular complexity index is 654. The van der Waals surface area contributed by atoms with Crippen molar-refractivity contribution in [1.29, 1.82) is 5.26 Å². The molecule has 1 aromatic carbocycles. The molecule has 2 rings (SSSR count). The molecule has 5 heteroatoms. The van der Waals surface area contributed by atoms with Crippen molar-refractivity contribution < 1.29 is 4.79 Å². The molecule has 0 bridgehead atoms. The molecule has 0 aliphatic heterocycles. The zero-order chi connectivity index (χ0) is 13.7. The standard InChI is InChI=1S/C14H11N3OS/c1-10-3-2-4-11(7-10)8-12(9-15)13(18)17-14-16-5-6-19-14/h2-8H,1H3,(H,16,17,18). The topological polar surface area (TPSA) is 65.8 Å². The van der Waals surface area contributed by atoms with E-state index in [9.17, 15) is 4.79 Å². The van der Waals surface area contributed by atoms with Crippen molar-refractivity contribution >= 4 is 28.5 Å². The van der Waals surface area contributed by atoms with E-state index in [1.165, 1.54) is 11.3 Å². The molecule has 19 heavy (non-hydrogen) atoms. The number of carbonyl (C=O) groups excluding carboxylic acids is 1. The minimum absolute atomic E-state index is 0.0563. The third kappa shape index (κ3) is 3.50. The number of nitrogens with one attached hydrogen (secondary N) is 1. The van der Waals surface area contributed by atoms with Crippen LogP contribution in [0.4, 0.5) is 5.13 Å². The lowest BCUT2D eigenvalue weighted by molar-refractivity contribution is -0.112. The van der Waals surface area contributed by atoms with Gasteiger partial charge in [0.15, 0.2) is 5.13 Å². The fraction of sp³-hybridized carbons (Fsp3) is 0.0714. The summed E-state index contributed by atoms with van der Waals surface area (Å²) in [5.74, 6) is -0.445. The molecule has 1 N–H and O–H groups in total. The van der Waals surface area contributed by atoms with Gasteiger partial charge in [-0.1, -0.05) is 29.8 Å². The normalized spacial score (nSPS) is 10.8. The predicted octanol–water partition coefficient (Wildman–Crippen LogP) is 3.00. The van der Waals surface area contributed by atoms with Crippen LogP contribution in [-0.2, 0) is 4.79 Å². The zero-order valence-electron chi connectivity index (χ0n) is 10.3. The van der Waals surface area contributed by atoms with Crippen LogP contribution in [0.15, 0.2) is 41.4 Å². The number of aryl methyl sites for hydroxylation is 1. The van der Waals surface area contributed by atoms with E-state index in [1.54, 1.807) is 17.7 Å². The number of aromatic nitrogens is 1. The predicted molar refractivity (Wildman–Crippen MR) is 75.5 cm³/mol. The second-order valence-corrected chi connectivity index (χ2v) is 4.77. The van der Waals surface area contributed by atoms with Gasteiger partial charge in [0.05, 0.1) is 0 Å². The lowest BCUT2D eigenvalue weighted by Gasteiger charge is -2.00. The first-order chi connectivity index (χ1) is 9.19. The maximum absolute atomic E-state index is 11.9. The third-order valence-corrected chi connectivity index (χ3v) is 3.06. The van der Waals surface area contributed by atoms with Crippen LogP contribution in [0.1, 0.15) is 11.1 Å². The molecule has 4 nitrogen and oxygen atoms in total. The first kappa shape index (κ1) is 13.0. The van der Waals surface area contributed by atoms with Gasteiger partial charge in [0.1, 0.15) is 11.6 Å². The van der Waals surface area contributed by atoms with E-state index < -0.39 is 5.91 Å². The summed E-state index contributed by atoms with van der Waals surface area (Å²) in [6, 6.07) is 9.51. The average molecular weight is 269 g/mol. The summed E-state index contributed by atoms with van der Waals surface area (Å²) in [5, 5.41) is 13.9.